The van der Waals surface area contributed by atoms with Crippen LogP contribution in [0.1, 0.15) is 65.0 Å². The maximum atomic E-state index is 13.2. The minimum atomic E-state index is -2.94. The summed E-state index contributed by atoms with van der Waals surface area (Å²) in [5, 5.41) is 12.3. The molecule has 0 saturated heterocycles. The first-order chi connectivity index (χ1) is 17.5. The second-order valence-electron chi connectivity index (χ2n) is 10.1. The van der Waals surface area contributed by atoms with E-state index in [4.69, 9.17) is 4.74 Å². The van der Waals surface area contributed by atoms with E-state index in [2.05, 4.69) is 11.4 Å². The Kier molecular flexibility index (Phi) is 9.03. The van der Waals surface area contributed by atoms with Crippen LogP contribution in [0.4, 0.5) is 18.4 Å². The van der Waals surface area contributed by atoms with Gasteiger partial charge < -0.3 is 10.1 Å². The van der Waals surface area contributed by atoms with Crippen molar-refractivity contribution >= 4 is 12.1 Å². The Balaban J connectivity index is 1.72. The number of benzene rings is 1. The number of ether oxygens (including phenoxy) is 1. The number of pyridine rings is 1. The molecule has 1 aliphatic rings. The molecule has 1 aromatic carbocycles. The molecule has 198 valence electrons. The molecule has 8 nitrogen and oxygen atoms in total. The molecule has 37 heavy (non-hydrogen) atoms. The Bertz CT molecular complexity index is 1190. The second-order valence-corrected chi connectivity index (χ2v) is 10.1. The fraction of sp³-hybridized carbons (Fsp3) is 0.481. The number of nitrogens with zero attached hydrogens (tertiary/aromatic N) is 3. The summed E-state index contributed by atoms with van der Waals surface area (Å²) >= 11 is 0. The fourth-order valence-electron chi connectivity index (χ4n) is 4.29. The van der Waals surface area contributed by atoms with Crippen LogP contribution >= 0.6 is 0 Å². The van der Waals surface area contributed by atoms with Gasteiger partial charge in [-0.1, -0.05) is 43.5 Å². The zero-order valence-corrected chi connectivity index (χ0v) is 21.2. The van der Waals surface area contributed by atoms with Crippen molar-refractivity contribution < 1.29 is 23.1 Å². The van der Waals surface area contributed by atoms with Gasteiger partial charge in [0, 0.05) is 24.7 Å². The molecule has 1 heterocycles. The van der Waals surface area contributed by atoms with Gasteiger partial charge in [0.25, 0.3) is 5.56 Å². The van der Waals surface area contributed by atoms with Gasteiger partial charge in [-0.15, -0.1) is 0 Å². The first-order valence-corrected chi connectivity index (χ1v) is 12.3. The highest BCUT2D eigenvalue weighted by Crippen LogP contribution is 2.25. The third kappa shape index (κ3) is 7.62. The molecule has 1 aromatic heterocycles. The monoisotopic (exact) mass is 514 g/mol. The largest absolute Gasteiger partial charge is 0.443 e. The summed E-state index contributed by atoms with van der Waals surface area (Å²) in [7, 11) is 0. The lowest BCUT2D eigenvalue weighted by Gasteiger charge is -2.34. The number of imide groups is 1. The third-order valence-corrected chi connectivity index (χ3v) is 6.08. The number of carbonyl (C=O) groups excluding carboxylic acids is 2. The van der Waals surface area contributed by atoms with Gasteiger partial charge in [0.2, 0.25) is 0 Å². The highest BCUT2D eigenvalue weighted by molar-refractivity contribution is 5.91. The number of urea groups is 1. The number of alkyl halides is 2. The minimum Gasteiger partial charge on any atom is -0.443 e. The number of nitrogens with one attached hydrogen (secondary N) is 1. The van der Waals surface area contributed by atoms with Crippen LogP contribution in [0.5, 0.6) is 0 Å². The van der Waals surface area contributed by atoms with E-state index in [0.717, 1.165) is 42.0 Å². The second kappa shape index (κ2) is 12.0. The number of carbonyl (C=O) groups is 2. The van der Waals surface area contributed by atoms with Crippen molar-refractivity contribution in [2.75, 3.05) is 0 Å². The molecule has 1 fully saturated rings. The molecule has 3 amide bonds. The number of halogens is 2. The Morgan fingerprint density at radius 3 is 2.30 bits per heavy atom. The van der Waals surface area contributed by atoms with Crippen LogP contribution < -0.4 is 10.9 Å². The molecule has 1 aliphatic carbocycles. The van der Waals surface area contributed by atoms with Crippen LogP contribution in [0.2, 0.25) is 0 Å². The topological polar surface area (TPSA) is 104 Å². The molecular weight excluding hydrogens is 482 g/mol. The van der Waals surface area contributed by atoms with Gasteiger partial charge in [0.1, 0.15) is 11.6 Å². The lowest BCUT2D eigenvalue weighted by molar-refractivity contribution is 0.0220. The van der Waals surface area contributed by atoms with Gasteiger partial charge in [-0.05, 0) is 56.4 Å². The maximum Gasteiger partial charge on any atom is 0.418 e. The molecule has 3 rings (SSSR count). The minimum absolute atomic E-state index is 0.172. The first-order valence-electron chi connectivity index (χ1n) is 12.3. The van der Waals surface area contributed by atoms with Crippen molar-refractivity contribution in [3.8, 4) is 17.2 Å². The van der Waals surface area contributed by atoms with Crippen molar-refractivity contribution in [3.63, 3.8) is 0 Å². The van der Waals surface area contributed by atoms with Crippen LogP contribution in [-0.4, -0.2) is 39.3 Å². The molecular formula is C27H32F2N4O4. The van der Waals surface area contributed by atoms with Crippen LogP contribution in [0, 0.1) is 11.3 Å². The Hall–Kier alpha value is -3.74. The van der Waals surface area contributed by atoms with Crippen molar-refractivity contribution in [1.82, 2.24) is 14.8 Å². The van der Waals surface area contributed by atoms with E-state index >= 15 is 0 Å². The standard InChI is InChI=1S/C27H32F2N4O4/c1-27(2,3)37-26(36)33(22-7-5-4-6-8-22)25(35)31-21(16-30)15-18-9-11-19(12-10-18)20-13-14-23(34)32(17-20)24(28)29/h9-14,17,21-22,24H,4-8,15H2,1-3H3,(H,31,35)/t21-/m0/s1. The lowest BCUT2D eigenvalue weighted by atomic mass is 9.94. The first kappa shape index (κ1) is 27.8. The highest BCUT2D eigenvalue weighted by Gasteiger charge is 2.35. The summed E-state index contributed by atoms with van der Waals surface area (Å²) in [4.78, 5) is 38.7. The zero-order chi connectivity index (χ0) is 27.2. The average Bonchev–Trinajstić information content (AvgIpc) is 2.84. The molecule has 0 unspecified atom stereocenters. The average molecular weight is 515 g/mol. The van der Waals surface area contributed by atoms with Crippen LogP contribution in [0.15, 0.2) is 47.4 Å². The summed E-state index contributed by atoms with van der Waals surface area (Å²) in [6, 6.07) is 9.56. The summed E-state index contributed by atoms with van der Waals surface area (Å²) in [6.07, 6.45) is 4.75. The number of hydrogen-bond acceptors (Lipinski definition) is 5. The van der Waals surface area contributed by atoms with Crippen molar-refractivity contribution in [3.05, 3.63) is 58.5 Å². The summed E-state index contributed by atoms with van der Waals surface area (Å²) in [6.45, 7) is 2.24. The van der Waals surface area contributed by atoms with Gasteiger partial charge in [0.15, 0.2) is 0 Å². The molecule has 0 aliphatic heterocycles. The molecule has 0 radical (unpaired) electrons. The number of nitriles is 1. The predicted molar refractivity (Wildman–Crippen MR) is 134 cm³/mol. The van der Waals surface area contributed by atoms with Crippen molar-refractivity contribution in [1.29, 1.82) is 5.26 Å². The quantitative estimate of drug-likeness (QED) is 0.538. The van der Waals surface area contributed by atoms with Gasteiger partial charge in [0.05, 0.1) is 6.07 Å². The summed E-state index contributed by atoms with van der Waals surface area (Å²) < 4.78 is 31.9. The normalized spacial score (nSPS) is 15.1. The van der Waals surface area contributed by atoms with Crippen LogP contribution in [0.3, 0.4) is 0 Å². The van der Waals surface area contributed by atoms with E-state index in [-0.39, 0.29) is 12.5 Å². The van der Waals surface area contributed by atoms with Crippen molar-refractivity contribution in [2.45, 2.75) is 83.5 Å². The fourth-order valence-corrected chi connectivity index (χ4v) is 4.29. The predicted octanol–water partition coefficient (Wildman–Crippen LogP) is 5.62. The molecule has 2 aromatic rings. The molecule has 1 N–H and O–H groups in total. The molecule has 10 heteroatoms. The smallest absolute Gasteiger partial charge is 0.418 e. The van der Waals surface area contributed by atoms with E-state index in [9.17, 15) is 28.4 Å². The van der Waals surface area contributed by atoms with E-state index in [1.165, 1.54) is 6.07 Å². The lowest BCUT2D eigenvalue weighted by Crippen LogP contribution is -2.53. The third-order valence-electron chi connectivity index (χ3n) is 6.08. The maximum absolute atomic E-state index is 13.2. The number of amides is 3. The van der Waals surface area contributed by atoms with Gasteiger partial charge in [-0.2, -0.15) is 14.0 Å². The molecule has 0 spiro atoms. The molecule has 1 atom stereocenters. The van der Waals surface area contributed by atoms with Gasteiger partial charge in [-0.25, -0.2) is 14.5 Å². The number of rotatable bonds is 6. The number of hydrogen-bond donors (Lipinski definition) is 1. The molecule has 0 bridgehead atoms. The Morgan fingerprint density at radius 1 is 1.11 bits per heavy atom. The number of aromatic nitrogens is 1. The van der Waals surface area contributed by atoms with Crippen LogP contribution in [-0.2, 0) is 11.2 Å². The van der Waals surface area contributed by atoms with E-state index in [0.29, 0.717) is 28.5 Å². The van der Waals surface area contributed by atoms with Crippen molar-refractivity contribution in [2.24, 2.45) is 0 Å². The van der Waals surface area contributed by atoms with E-state index < -0.39 is 35.9 Å². The Labute approximate surface area is 214 Å². The summed E-state index contributed by atoms with van der Waals surface area (Å²) in [5.41, 5.74) is 0.209. The van der Waals surface area contributed by atoms with Crippen LogP contribution in [0.25, 0.3) is 11.1 Å². The molecule has 1 saturated carbocycles. The SMILES string of the molecule is CC(C)(C)OC(=O)N(C(=O)N[C@H](C#N)Cc1ccc(-c2ccc(=O)n(C(F)F)c2)cc1)C1CCCCC1. The van der Waals surface area contributed by atoms with E-state index in [1.54, 1.807) is 45.0 Å². The highest BCUT2D eigenvalue weighted by atomic mass is 19.3. The summed E-state index contributed by atoms with van der Waals surface area (Å²) in [5.74, 6) is 0. The van der Waals surface area contributed by atoms with E-state index in [1.807, 2.05) is 0 Å². The zero-order valence-electron chi connectivity index (χ0n) is 21.2. The Morgan fingerprint density at radius 2 is 1.73 bits per heavy atom. The van der Waals surface area contributed by atoms with Gasteiger partial charge >= 0.3 is 18.7 Å². The van der Waals surface area contributed by atoms with Gasteiger partial charge in [-0.3, -0.25) is 9.36 Å².